The summed E-state index contributed by atoms with van der Waals surface area (Å²) in [6.07, 6.45) is -3.71. The van der Waals surface area contributed by atoms with Crippen LogP contribution < -0.4 is 5.32 Å². The van der Waals surface area contributed by atoms with Gasteiger partial charge in [0, 0.05) is 18.0 Å². The van der Waals surface area contributed by atoms with E-state index in [2.05, 4.69) is 10.3 Å². The maximum absolute atomic E-state index is 13.2. The summed E-state index contributed by atoms with van der Waals surface area (Å²) in [5, 5.41) is 12.3. The van der Waals surface area contributed by atoms with E-state index in [4.69, 9.17) is 0 Å². The van der Waals surface area contributed by atoms with Crippen LogP contribution in [0, 0.1) is 0 Å². The van der Waals surface area contributed by atoms with Crippen LogP contribution in [0.1, 0.15) is 21.5 Å². The molecule has 3 rings (SSSR count). The lowest BCUT2D eigenvalue weighted by Crippen LogP contribution is -2.42. The lowest BCUT2D eigenvalue weighted by Gasteiger charge is -2.18. The molecule has 2 aromatic carbocycles. The van der Waals surface area contributed by atoms with Crippen molar-refractivity contribution in [2.45, 2.75) is 18.6 Å². The number of carbonyl (C=O) groups is 2. The van der Waals surface area contributed by atoms with Crippen molar-refractivity contribution in [1.82, 2.24) is 10.3 Å². The predicted molar refractivity (Wildman–Crippen MR) is 95.8 cm³/mol. The van der Waals surface area contributed by atoms with Crippen molar-refractivity contribution in [3.63, 3.8) is 0 Å². The Morgan fingerprint density at radius 1 is 1.04 bits per heavy atom. The van der Waals surface area contributed by atoms with Gasteiger partial charge >= 0.3 is 12.1 Å². The second-order valence-corrected chi connectivity index (χ2v) is 6.10. The van der Waals surface area contributed by atoms with Crippen LogP contribution in [-0.2, 0) is 17.4 Å². The zero-order valence-electron chi connectivity index (χ0n) is 14.4. The molecule has 0 spiro atoms. The number of nitrogens with zero attached hydrogens (tertiary/aromatic N) is 1. The summed E-state index contributed by atoms with van der Waals surface area (Å²) in [5.41, 5.74) is -0.391. The lowest BCUT2D eigenvalue weighted by atomic mass is 9.99. The number of rotatable bonds is 5. The first-order valence-corrected chi connectivity index (χ1v) is 8.30. The molecule has 8 heteroatoms. The van der Waals surface area contributed by atoms with E-state index in [-0.39, 0.29) is 11.1 Å². The van der Waals surface area contributed by atoms with Gasteiger partial charge < -0.3 is 10.4 Å². The Morgan fingerprint density at radius 2 is 1.71 bits per heavy atom. The standard InChI is InChI=1S/C20H15F3N2O3/c21-20(22,23)15-7-3-1-5-12(15)11-17(19(27)28)25-18(26)14-9-10-24-16-8-4-2-6-13(14)16/h1-10,17H,11H2,(H,25,26)(H,27,28)/t17-/m0/s1. The minimum Gasteiger partial charge on any atom is -0.480 e. The van der Waals surface area contributed by atoms with E-state index in [1.165, 1.54) is 30.5 Å². The fourth-order valence-corrected chi connectivity index (χ4v) is 2.92. The Labute approximate surface area is 157 Å². The van der Waals surface area contributed by atoms with Gasteiger partial charge in [-0.05, 0) is 23.8 Å². The molecule has 0 aliphatic carbocycles. The molecular weight excluding hydrogens is 373 g/mol. The fraction of sp³-hybridized carbons (Fsp3) is 0.150. The normalized spacial score (nSPS) is 12.5. The average Bonchev–Trinajstić information content (AvgIpc) is 2.66. The second kappa shape index (κ2) is 7.67. The van der Waals surface area contributed by atoms with Gasteiger partial charge in [-0.15, -0.1) is 0 Å². The third-order valence-electron chi connectivity index (χ3n) is 4.24. The second-order valence-electron chi connectivity index (χ2n) is 6.10. The Hall–Kier alpha value is -3.42. The molecular formula is C20H15F3N2O3. The number of benzene rings is 2. The summed E-state index contributed by atoms with van der Waals surface area (Å²) in [7, 11) is 0. The van der Waals surface area contributed by atoms with E-state index >= 15 is 0 Å². The summed E-state index contributed by atoms with van der Waals surface area (Å²) in [6.45, 7) is 0. The SMILES string of the molecule is O=C(N[C@@H](Cc1ccccc1C(F)(F)F)C(=O)O)c1ccnc2ccccc12. The molecule has 0 saturated heterocycles. The third kappa shape index (κ3) is 4.11. The van der Waals surface area contributed by atoms with Crippen LogP contribution in [0.3, 0.4) is 0 Å². The molecule has 28 heavy (non-hydrogen) atoms. The summed E-state index contributed by atoms with van der Waals surface area (Å²) in [5.74, 6) is -2.13. The van der Waals surface area contributed by atoms with E-state index in [0.29, 0.717) is 10.9 Å². The van der Waals surface area contributed by atoms with Gasteiger partial charge in [0.2, 0.25) is 0 Å². The van der Waals surface area contributed by atoms with Gasteiger partial charge in [-0.3, -0.25) is 9.78 Å². The number of halogens is 3. The first-order chi connectivity index (χ1) is 13.3. The van der Waals surface area contributed by atoms with Gasteiger partial charge in [0.15, 0.2) is 0 Å². The molecule has 0 unspecified atom stereocenters. The number of pyridine rings is 1. The number of carbonyl (C=O) groups excluding carboxylic acids is 1. The molecule has 1 heterocycles. The van der Waals surface area contributed by atoms with Crippen molar-refractivity contribution in [2.24, 2.45) is 0 Å². The molecule has 0 radical (unpaired) electrons. The van der Waals surface area contributed by atoms with Crippen LogP contribution >= 0.6 is 0 Å². The molecule has 0 bridgehead atoms. The van der Waals surface area contributed by atoms with Crippen molar-refractivity contribution in [3.05, 3.63) is 77.5 Å². The van der Waals surface area contributed by atoms with Crippen LogP contribution in [0.25, 0.3) is 10.9 Å². The quantitative estimate of drug-likeness (QED) is 0.699. The van der Waals surface area contributed by atoms with Gasteiger partial charge in [0.05, 0.1) is 16.6 Å². The number of aromatic nitrogens is 1. The summed E-state index contributed by atoms with van der Waals surface area (Å²) in [6, 6.07) is 11.4. The summed E-state index contributed by atoms with van der Waals surface area (Å²) < 4.78 is 39.5. The number of fused-ring (bicyclic) bond motifs is 1. The predicted octanol–water partition coefficient (Wildman–Crippen LogP) is 3.68. The highest BCUT2D eigenvalue weighted by molar-refractivity contribution is 6.06. The zero-order chi connectivity index (χ0) is 20.3. The van der Waals surface area contributed by atoms with Crippen LogP contribution in [0.15, 0.2) is 60.8 Å². The average molecular weight is 388 g/mol. The molecule has 1 atom stereocenters. The molecule has 0 aliphatic rings. The van der Waals surface area contributed by atoms with Gasteiger partial charge in [-0.1, -0.05) is 36.4 Å². The minimum absolute atomic E-state index is 0.195. The number of amides is 1. The molecule has 3 aromatic rings. The zero-order valence-corrected chi connectivity index (χ0v) is 14.4. The van der Waals surface area contributed by atoms with Gasteiger partial charge in [-0.25, -0.2) is 4.79 Å². The first kappa shape index (κ1) is 19.3. The number of para-hydroxylation sites is 1. The molecule has 144 valence electrons. The van der Waals surface area contributed by atoms with Crippen LogP contribution in [0.4, 0.5) is 13.2 Å². The monoisotopic (exact) mass is 388 g/mol. The van der Waals surface area contributed by atoms with E-state index in [0.717, 1.165) is 6.07 Å². The number of aliphatic carboxylic acids is 1. The highest BCUT2D eigenvalue weighted by Crippen LogP contribution is 2.32. The lowest BCUT2D eigenvalue weighted by molar-refractivity contribution is -0.141. The van der Waals surface area contributed by atoms with Crippen molar-refractivity contribution >= 4 is 22.8 Å². The van der Waals surface area contributed by atoms with Crippen molar-refractivity contribution in [1.29, 1.82) is 0 Å². The molecule has 0 saturated carbocycles. The van der Waals surface area contributed by atoms with Crippen LogP contribution in [-0.4, -0.2) is 28.0 Å². The Balaban J connectivity index is 1.89. The molecule has 0 fully saturated rings. The Morgan fingerprint density at radius 3 is 2.43 bits per heavy atom. The number of hydrogen-bond donors (Lipinski definition) is 2. The highest BCUT2D eigenvalue weighted by atomic mass is 19.4. The fourth-order valence-electron chi connectivity index (χ4n) is 2.92. The van der Waals surface area contributed by atoms with E-state index in [1.807, 2.05) is 0 Å². The minimum atomic E-state index is -4.62. The molecule has 2 N–H and O–H groups in total. The Bertz CT molecular complexity index is 1030. The van der Waals surface area contributed by atoms with Crippen molar-refractivity contribution in [3.8, 4) is 0 Å². The molecule has 1 aromatic heterocycles. The van der Waals surface area contributed by atoms with Gasteiger partial charge in [0.25, 0.3) is 5.91 Å². The van der Waals surface area contributed by atoms with E-state index in [9.17, 15) is 27.9 Å². The number of alkyl halides is 3. The summed E-state index contributed by atoms with van der Waals surface area (Å²) >= 11 is 0. The Kier molecular flexibility index (Phi) is 5.30. The first-order valence-electron chi connectivity index (χ1n) is 8.30. The topological polar surface area (TPSA) is 79.3 Å². The molecule has 1 amide bonds. The summed E-state index contributed by atoms with van der Waals surface area (Å²) in [4.78, 5) is 28.3. The van der Waals surface area contributed by atoms with Gasteiger partial charge in [-0.2, -0.15) is 13.2 Å². The molecule has 5 nitrogen and oxygen atoms in total. The smallest absolute Gasteiger partial charge is 0.416 e. The van der Waals surface area contributed by atoms with Gasteiger partial charge in [0.1, 0.15) is 6.04 Å². The maximum atomic E-state index is 13.2. The third-order valence-corrected chi connectivity index (χ3v) is 4.24. The number of hydrogen-bond acceptors (Lipinski definition) is 3. The van der Waals surface area contributed by atoms with E-state index in [1.54, 1.807) is 24.3 Å². The number of carboxylic acids is 1. The van der Waals surface area contributed by atoms with E-state index < -0.39 is 36.1 Å². The number of carboxylic acid groups (broad SMARTS) is 1. The van der Waals surface area contributed by atoms with Crippen LogP contribution in [0.5, 0.6) is 0 Å². The van der Waals surface area contributed by atoms with Crippen molar-refractivity contribution < 1.29 is 27.9 Å². The van der Waals surface area contributed by atoms with Crippen molar-refractivity contribution in [2.75, 3.05) is 0 Å². The number of nitrogens with one attached hydrogen (secondary N) is 1. The van der Waals surface area contributed by atoms with Crippen LogP contribution in [0.2, 0.25) is 0 Å². The maximum Gasteiger partial charge on any atom is 0.416 e. The molecule has 0 aliphatic heterocycles. The highest BCUT2D eigenvalue weighted by Gasteiger charge is 2.34. The largest absolute Gasteiger partial charge is 0.480 e.